The Hall–Kier alpha value is -2.15. The summed E-state index contributed by atoms with van der Waals surface area (Å²) in [5, 5.41) is 9.80. The van der Waals surface area contributed by atoms with E-state index in [0.717, 1.165) is 6.08 Å². The molecular weight excluding hydrogens is 304 g/mol. The van der Waals surface area contributed by atoms with Crippen LogP contribution in [0.15, 0.2) is 24.3 Å². The summed E-state index contributed by atoms with van der Waals surface area (Å²) in [7, 11) is 0. The van der Waals surface area contributed by atoms with Gasteiger partial charge in [0.1, 0.15) is 24.4 Å². The van der Waals surface area contributed by atoms with Crippen molar-refractivity contribution >= 4 is 17.9 Å². The standard InChI is InChI=1S/C16H22O7/c1-10-5-4-6-14(18)23-12(3)13(17)7-8-15(19)22-11(2)9-16(20)21-10/h4,6-8,10-13,17H,5,9H2,1-3H3/b6-4+,8-7+. The first-order valence-corrected chi connectivity index (χ1v) is 7.41. The number of hydrogen-bond acceptors (Lipinski definition) is 7. The van der Waals surface area contributed by atoms with Crippen molar-refractivity contribution in [2.45, 2.75) is 58.0 Å². The Kier molecular flexibility index (Phi) is 7.47. The highest BCUT2D eigenvalue weighted by Gasteiger charge is 2.18. The van der Waals surface area contributed by atoms with E-state index in [2.05, 4.69) is 0 Å². The van der Waals surface area contributed by atoms with Crippen LogP contribution in [0.1, 0.15) is 33.6 Å². The minimum atomic E-state index is -1.15. The lowest BCUT2D eigenvalue weighted by Gasteiger charge is -2.17. The summed E-state index contributed by atoms with van der Waals surface area (Å²) in [6.45, 7) is 4.76. The summed E-state index contributed by atoms with van der Waals surface area (Å²) < 4.78 is 15.1. The Morgan fingerprint density at radius 1 is 0.957 bits per heavy atom. The third kappa shape index (κ3) is 7.60. The lowest BCUT2D eigenvalue weighted by molar-refractivity contribution is -0.154. The van der Waals surface area contributed by atoms with Crippen molar-refractivity contribution in [1.29, 1.82) is 0 Å². The van der Waals surface area contributed by atoms with Gasteiger partial charge in [-0.1, -0.05) is 6.08 Å². The molecule has 0 fully saturated rings. The number of carbonyl (C=O) groups is 3. The molecule has 0 amide bonds. The molecule has 4 unspecified atom stereocenters. The van der Waals surface area contributed by atoms with Crippen LogP contribution in [0.4, 0.5) is 0 Å². The maximum absolute atomic E-state index is 11.7. The Morgan fingerprint density at radius 3 is 2.30 bits per heavy atom. The molecule has 1 heterocycles. The third-order valence-electron chi connectivity index (χ3n) is 3.04. The average Bonchev–Trinajstić information content (AvgIpc) is 2.42. The Balaban J connectivity index is 2.82. The predicted octanol–water partition coefficient (Wildman–Crippen LogP) is 1.05. The summed E-state index contributed by atoms with van der Waals surface area (Å²) >= 11 is 0. The van der Waals surface area contributed by atoms with Crippen LogP contribution in [-0.2, 0) is 28.6 Å². The Bertz CT molecular complexity index is 495. The molecule has 7 heteroatoms. The van der Waals surface area contributed by atoms with Gasteiger partial charge in [0.2, 0.25) is 0 Å². The van der Waals surface area contributed by atoms with E-state index in [0.29, 0.717) is 6.42 Å². The number of esters is 3. The number of rotatable bonds is 0. The fraction of sp³-hybridized carbons (Fsp3) is 0.562. The van der Waals surface area contributed by atoms with Gasteiger partial charge in [-0.3, -0.25) is 4.79 Å². The van der Waals surface area contributed by atoms with E-state index < -0.39 is 42.3 Å². The lowest BCUT2D eigenvalue weighted by atomic mass is 10.2. The van der Waals surface area contributed by atoms with Crippen LogP contribution in [0.25, 0.3) is 0 Å². The average molecular weight is 326 g/mol. The second kappa shape index (κ2) is 9.09. The fourth-order valence-electron chi connectivity index (χ4n) is 1.82. The van der Waals surface area contributed by atoms with Crippen molar-refractivity contribution in [3.63, 3.8) is 0 Å². The van der Waals surface area contributed by atoms with Gasteiger partial charge < -0.3 is 19.3 Å². The smallest absolute Gasteiger partial charge is 0.330 e. The van der Waals surface area contributed by atoms with E-state index in [1.165, 1.54) is 25.2 Å². The van der Waals surface area contributed by atoms with Crippen LogP contribution in [0.5, 0.6) is 0 Å². The van der Waals surface area contributed by atoms with Crippen LogP contribution in [0.3, 0.4) is 0 Å². The number of ether oxygens (including phenoxy) is 3. The quantitative estimate of drug-likeness (QED) is 0.524. The van der Waals surface area contributed by atoms with Crippen LogP contribution in [0.2, 0.25) is 0 Å². The molecule has 0 radical (unpaired) electrons. The molecule has 0 aromatic carbocycles. The molecule has 0 saturated carbocycles. The molecule has 1 aliphatic heterocycles. The van der Waals surface area contributed by atoms with Gasteiger partial charge in [-0.05, 0) is 26.8 Å². The van der Waals surface area contributed by atoms with Gasteiger partial charge in [0.25, 0.3) is 0 Å². The van der Waals surface area contributed by atoms with Gasteiger partial charge in [-0.2, -0.15) is 0 Å². The van der Waals surface area contributed by atoms with Crippen LogP contribution < -0.4 is 0 Å². The molecule has 0 saturated heterocycles. The number of aliphatic hydroxyl groups excluding tert-OH is 1. The van der Waals surface area contributed by atoms with Gasteiger partial charge >= 0.3 is 17.9 Å². The van der Waals surface area contributed by atoms with Gasteiger partial charge in [-0.25, -0.2) is 9.59 Å². The summed E-state index contributed by atoms with van der Waals surface area (Å²) in [5.41, 5.74) is 0. The van der Waals surface area contributed by atoms with Crippen LogP contribution in [-0.4, -0.2) is 47.4 Å². The van der Waals surface area contributed by atoms with E-state index in [1.807, 2.05) is 0 Å². The van der Waals surface area contributed by atoms with E-state index in [1.54, 1.807) is 13.8 Å². The zero-order chi connectivity index (χ0) is 17.4. The topological polar surface area (TPSA) is 99.1 Å². The SMILES string of the molecule is CC1CC(=O)OC(C)C/C=C/C(=O)OC(C)C(O)/C=C/C(=O)O1. The maximum Gasteiger partial charge on any atom is 0.330 e. The molecule has 7 nitrogen and oxygen atoms in total. The monoisotopic (exact) mass is 326 g/mol. The van der Waals surface area contributed by atoms with Gasteiger partial charge in [0, 0.05) is 18.6 Å². The number of cyclic esters (lactones) is 3. The summed E-state index contributed by atoms with van der Waals surface area (Å²) in [5.74, 6) is -1.84. The minimum Gasteiger partial charge on any atom is -0.462 e. The van der Waals surface area contributed by atoms with Crippen molar-refractivity contribution < 1.29 is 33.7 Å². The fourth-order valence-corrected chi connectivity index (χ4v) is 1.82. The summed E-state index contributed by atoms with van der Waals surface area (Å²) in [6, 6.07) is 0. The largest absolute Gasteiger partial charge is 0.462 e. The highest BCUT2D eigenvalue weighted by atomic mass is 16.6. The molecule has 128 valence electrons. The Labute approximate surface area is 134 Å². The first-order valence-electron chi connectivity index (χ1n) is 7.41. The van der Waals surface area contributed by atoms with Gasteiger partial charge in [-0.15, -0.1) is 0 Å². The maximum atomic E-state index is 11.7. The van der Waals surface area contributed by atoms with Crippen molar-refractivity contribution in [3.05, 3.63) is 24.3 Å². The molecule has 4 atom stereocenters. The number of aliphatic hydroxyl groups is 1. The normalized spacial score (nSPS) is 34.0. The molecule has 0 aromatic heterocycles. The predicted molar refractivity (Wildman–Crippen MR) is 80.2 cm³/mol. The van der Waals surface area contributed by atoms with Crippen LogP contribution in [0, 0.1) is 0 Å². The van der Waals surface area contributed by atoms with Crippen molar-refractivity contribution in [2.75, 3.05) is 0 Å². The van der Waals surface area contributed by atoms with Crippen molar-refractivity contribution in [2.24, 2.45) is 0 Å². The zero-order valence-corrected chi connectivity index (χ0v) is 13.4. The number of hydrogen-bond donors (Lipinski definition) is 1. The minimum absolute atomic E-state index is 0.0748. The van der Waals surface area contributed by atoms with E-state index in [4.69, 9.17) is 14.2 Å². The Morgan fingerprint density at radius 2 is 1.61 bits per heavy atom. The second-order valence-electron chi connectivity index (χ2n) is 5.38. The summed E-state index contributed by atoms with van der Waals surface area (Å²) in [6.07, 6.45) is 2.16. The summed E-state index contributed by atoms with van der Waals surface area (Å²) in [4.78, 5) is 34.8. The van der Waals surface area contributed by atoms with Crippen LogP contribution >= 0.6 is 0 Å². The first kappa shape index (κ1) is 18.9. The highest BCUT2D eigenvalue weighted by molar-refractivity contribution is 5.83. The molecule has 0 aromatic rings. The third-order valence-corrected chi connectivity index (χ3v) is 3.04. The molecule has 0 bridgehead atoms. The molecule has 0 spiro atoms. The second-order valence-corrected chi connectivity index (χ2v) is 5.38. The van der Waals surface area contributed by atoms with Gasteiger partial charge in [0.05, 0.1) is 6.42 Å². The highest BCUT2D eigenvalue weighted by Crippen LogP contribution is 2.08. The first-order chi connectivity index (χ1) is 10.8. The van der Waals surface area contributed by atoms with E-state index in [-0.39, 0.29) is 6.42 Å². The van der Waals surface area contributed by atoms with Crippen molar-refractivity contribution in [3.8, 4) is 0 Å². The van der Waals surface area contributed by atoms with E-state index >= 15 is 0 Å². The molecule has 1 aliphatic rings. The zero-order valence-electron chi connectivity index (χ0n) is 13.4. The molecule has 1 rings (SSSR count). The lowest BCUT2D eigenvalue weighted by Crippen LogP contribution is -2.27. The van der Waals surface area contributed by atoms with Gasteiger partial charge in [0.15, 0.2) is 0 Å². The number of carbonyl (C=O) groups excluding carboxylic acids is 3. The molecule has 23 heavy (non-hydrogen) atoms. The van der Waals surface area contributed by atoms with Crippen molar-refractivity contribution in [1.82, 2.24) is 0 Å². The van der Waals surface area contributed by atoms with E-state index in [9.17, 15) is 19.5 Å². The molecule has 0 aliphatic carbocycles. The molecule has 1 N–H and O–H groups in total. The molecular formula is C16H22O7.